The highest BCUT2D eigenvalue weighted by molar-refractivity contribution is 5.18. The number of aryl methyl sites for hydroxylation is 1. The lowest BCUT2D eigenvalue weighted by molar-refractivity contribution is 0.209. The van der Waals surface area contributed by atoms with Crippen molar-refractivity contribution in [1.82, 2.24) is 9.88 Å². The van der Waals surface area contributed by atoms with E-state index in [1.807, 2.05) is 12.3 Å². The van der Waals surface area contributed by atoms with Gasteiger partial charge in [0.1, 0.15) is 0 Å². The minimum Gasteiger partial charge on any atom is -0.396 e. The number of aromatic nitrogens is 1. The lowest BCUT2D eigenvalue weighted by atomic mass is 10.1. The second-order valence-corrected chi connectivity index (χ2v) is 4.88. The van der Waals surface area contributed by atoms with Crippen LogP contribution in [-0.2, 0) is 6.54 Å². The Balaban J connectivity index is 1.95. The molecule has 0 bridgehead atoms. The number of likely N-dealkylation sites (tertiary alicyclic amines) is 1. The third-order valence-corrected chi connectivity index (χ3v) is 3.68. The quantitative estimate of drug-likeness (QED) is 0.848. The Morgan fingerprint density at radius 2 is 2.41 bits per heavy atom. The second-order valence-electron chi connectivity index (χ2n) is 4.88. The molecule has 1 unspecified atom stereocenters. The Morgan fingerprint density at radius 3 is 3.18 bits per heavy atom. The second kappa shape index (κ2) is 6.12. The number of pyridine rings is 1. The molecule has 3 heteroatoms. The summed E-state index contributed by atoms with van der Waals surface area (Å²) in [5, 5.41) is 8.92. The molecule has 2 rings (SSSR count). The summed E-state index contributed by atoms with van der Waals surface area (Å²) < 4.78 is 0. The normalized spacial score (nSPS) is 20.9. The zero-order chi connectivity index (χ0) is 12.1. The van der Waals surface area contributed by atoms with Gasteiger partial charge in [-0.1, -0.05) is 6.07 Å². The molecule has 1 N–H and O–H groups in total. The van der Waals surface area contributed by atoms with Gasteiger partial charge in [-0.2, -0.15) is 0 Å². The monoisotopic (exact) mass is 234 g/mol. The van der Waals surface area contributed by atoms with Crippen molar-refractivity contribution in [2.24, 2.45) is 0 Å². The summed E-state index contributed by atoms with van der Waals surface area (Å²) in [4.78, 5) is 6.88. The van der Waals surface area contributed by atoms with Gasteiger partial charge in [0.05, 0.1) is 0 Å². The van der Waals surface area contributed by atoms with Gasteiger partial charge in [-0.3, -0.25) is 9.88 Å². The molecular formula is C14H22N2O. The molecule has 1 aliphatic heterocycles. The van der Waals surface area contributed by atoms with E-state index >= 15 is 0 Å². The maximum atomic E-state index is 8.92. The number of nitrogens with zero attached hydrogens (tertiary/aromatic N) is 2. The lowest BCUT2D eigenvalue weighted by Crippen LogP contribution is -2.29. The van der Waals surface area contributed by atoms with Crippen LogP contribution in [-0.4, -0.2) is 34.2 Å². The largest absolute Gasteiger partial charge is 0.396 e. The summed E-state index contributed by atoms with van der Waals surface area (Å²) in [7, 11) is 0. The molecule has 0 aliphatic carbocycles. The molecular weight excluding hydrogens is 212 g/mol. The fourth-order valence-electron chi connectivity index (χ4n) is 2.66. The van der Waals surface area contributed by atoms with Crippen LogP contribution >= 0.6 is 0 Å². The molecule has 0 saturated carbocycles. The highest BCUT2D eigenvalue weighted by atomic mass is 16.2. The third-order valence-electron chi connectivity index (χ3n) is 3.68. The average molecular weight is 234 g/mol. The SMILES string of the molecule is Cc1ncccc1CN1CCCC1CCCO. The van der Waals surface area contributed by atoms with E-state index in [0.717, 1.165) is 25.1 Å². The van der Waals surface area contributed by atoms with Crippen LogP contribution in [0.4, 0.5) is 0 Å². The van der Waals surface area contributed by atoms with Gasteiger partial charge in [0.15, 0.2) is 0 Å². The Hall–Kier alpha value is -0.930. The molecule has 0 spiro atoms. The molecule has 94 valence electrons. The van der Waals surface area contributed by atoms with E-state index < -0.39 is 0 Å². The third kappa shape index (κ3) is 3.27. The minimum absolute atomic E-state index is 0.316. The number of hydrogen-bond donors (Lipinski definition) is 1. The van der Waals surface area contributed by atoms with Crippen LogP contribution in [0.25, 0.3) is 0 Å². The zero-order valence-corrected chi connectivity index (χ0v) is 10.6. The highest BCUT2D eigenvalue weighted by Crippen LogP contribution is 2.23. The Labute approximate surface area is 103 Å². The van der Waals surface area contributed by atoms with Crippen LogP contribution in [0.15, 0.2) is 18.3 Å². The van der Waals surface area contributed by atoms with Gasteiger partial charge < -0.3 is 5.11 Å². The minimum atomic E-state index is 0.316. The van der Waals surface area contributed by atoms with Gasteiger partial charge in [-0.25, -0.2) is 0 Å². The van der Waals surface area contributed by atoms with Crippen molar-refractivity contribution in [3.63, 3.8) is 0 Å². The molecule has 0 amide bonds. The van der Waals surface area contributed by atoms with Crippen molar-refractivity contribution in [2.45, 2.75) is 45.2 Å². The Kier molecular flexibility index (Phi) is 4.51. The van der Waals surface area contributed by atoms with Gasteiger partial charge in [0.2, 0.25) is 0 Å². The van der Waals surface area contributed by atoms with Crippen molar-refractivity contribution < 1.29 is 5.11 Å². The van der Waals surface area contributed by atoms with Crippen LogP contribution in [0.1, 0.15) is 36.9 Å². The fourth-order valence-corrected chi connectivity index (χ4v) is 2.66. The van der Waals surface area contributed by atoms with Gasteiger partial charge in [-0.15, -0.1) is 0 Å². The maximum absolute atomic E-state index is 8.92. The molecule has 17 heavy (non-hydrogen) atoms. The molecule has 1 aromatic heterocycles. The first-order valence-corrected chi connectivity index (χ1v) is 6.56. The zero-order valence-electron chi connectivity index (χ0n) is 10.6. The van der Waals surface area contributed by atoms with Gasteiger partial charge >= 0.3 is 0 Å². The lowest BCUT2D eigenvalue weighted by Gasteiger charge is -2.24. The molecule has 3 nitrogen and oxygen atoms in total. The first kappa shape index (κ1) is 12.5. The number of rotatable bonds is 5. The summed E-state index contributed by atoms with van der Waals surface area (Å²) in [6.07, 6.45) is 6.46. The van der Waals surface area contributed by atoms with E-state index in [0.29, 0.717) is 12.6 Å². The molecule has 0 aromatic carbocycles. The summed E-state index contributed by atoms with van der Waals surface area (Å²) >= 11 is 0. The summed E-state index contributed by atoms with van der Waals surface area (Å²) in [5.74, 6) is 0. The van der Waals surface area contributed by atoms with Gasteiger partial charge in [0, 0.05) is 31.1 Å². The first-order valence-electron chi connectivity index (χ1n) is 6.56. The molecule has 1 fully saturated rings. The molecule has 0 radical (unpaired) electrons. The number of aliphatic hydroxyl groups excluding tert-OH is 1. The standard InChI is InChI=1S/C14H22N2O/c1-12-13(5-2-8-15-12)11-16-9-3-6-14(16)7-4-10-17/h2,5,8,14,17H,3-4,6-7,9-11H2,1H3. The topological polar surface area (TPSA) is 36.4 Å². The summed E-state index contributed by atoms with van der Waals surface area (Å²) in [5.41, 5.74) is 2.48. The maximum Gasteiger partial charge on any atom is 0.0431 e. The molecule has 1 saturated heterocycles. The molecule has 1 aliphatic rings. The van der Waals surface area contributed by atoms with Crippen LogP contribution < -0.4 is 0 Å². The fraction of sp³-hybridized carbons (Fsp3) is 0.643. The molecule has 1 atom stereocenters. The van der Waals surface area contributed by atoms with E-state index in [1.54, 1.807) is 0 Å². The number of aliphatic hydroxyl groups is 1. The van der Waals surface area contributed by atoms with Crippen LogP contribution in [0.5, 0.6) is 0 Å². The van der Waals surface area contributed by atoms with Crippen molar-refractivity contribution in [3.8, 4) is 0 Å². The van der Waals surface area contributed by atoms with E-state index in [1.165, 1.54) is 24.9 Å². The van der Waals surface area contributed by atoms with Crippen molar-refractivity contribution in [2.75, 3.05) is 13.2 Å². The first-order chi connectivity index (χ1) is 8.31. The van der Waals surface area contributed by atoms with Gasteiger partial charge in [-0.05, 0) is 50.8 Å². The van der Waals surface area contributed by atoms with Crippen molar-refractivity contribution in [1.29, 1.82) is 0 Å². The predicted octanol–water partition coefficient (Wildman–Crippen LogP) is 2.13. The van der Waals surface area contributed by atoms with Crippen LogP contribution in [0.2, 0.25) is 0 Å². The van der Waals surface area contributed by atoms with E-state index in [9.17, 15) is 0 Å². The molecule has 1 aromatic rings. The summed E-state index contributed by atoms with van der Waals surface area (Å²) in [6.45, 7) is 4.59. The van der Waals surface area contributed by atoms with E-state index in [-0.39, 0.29) is 0 Å². The smallest absolute Gasteiger partial charge is 0.0431 e. The van der Waals surface area contributed by atoms with Crippen molar-refractivity contribution >= 4 is 0 Å². The van der Waals surface area contributed by atoms with Crippen LogP contribution in [0, 0.1) is 6.92 Å². The van der Waals surface area contributed by atoms with Crippen molar-refractivity contribution in [3.05, 3.63) is 29.6 Å². The Morgan fingerprint density at radius 1 is 1.53 bits per heavy atom. The predicted molar refractivity (Wildman–Crippen MR) is 68.7 cm³/mol. The number of hydrogen-bond acceptors (Lipinski definition) is 3. The van der Waals surface area contributed by atoms with Gasteiger partial charge in [0.25, 0.3) is 0 Å². The van der Waals surface area contributed by atoms with Crippen LogP contribution in [0.3, 0.4) is 0 Å². The van der Waals surface area contributed by atoms with E-state index in [2.05, 4.69) is 22.9 Å². The summed E-state index contributed by atoms with van der Waals surface area (Å²) in [6, 6.07) is 4.84. The average Bonchev–Trinajstić information content (AvgIpc) is 2.77. The Bertz CT molecular complexity index is 354. The highest BCUT2D eigenvalue weighted by Gasteiger charge is 2.24. The molecule has 2 heterocycles. The van der Waals surface area contributed by atoms with E-state index in [4.69, 9.17) is 5.11 Å².